The molecule has 3 N–H and O–H groups in total. The molecule has 0 bridgehead atoms. The summed E-state index contributed by atoms with van der Waals surface area (Å²) in [6.07, 6.45) is 2.36. The van der Waals surface area contributed by atoms with E-state index in [0.717, 1.165) is 6.20 Å². The van der Waals surface area contributed by atoms with Crippen molar-refractivity contribution in [1.29, 1.82) is 0 Å². The number of pyridine rings is 1. The van der Waals surface area contributed by atoms with Crippen molar-refractivity contribution in [2.24, 2.45) is 0 Å². The number of aliphatic hydroxyl groups is 1. The average Bonchev–Trinajstić information content (AvgIpc) is 2.18. The molecule has 1 amide bonds. The van der Waals surface area contributed by atoms with Gasteiger partial charge in [0, 0.05) is 12.4 Å². The molecule has 0 saturated carbocycles. The van der Waals surface area contributed by atoms with Crippen LogP contribution in [0.3, 0.4) is 0 Å². The van der Waals surface area contributed by atoms with Crippen molar-refractivity contribution in [2.45, 2.75) is 0 Å². The molecule has 1 heterocycles. The first-order valence-corrected chi connectivity index (χ1v) is 3.72. The Morgan fingerprint density at radius 2 is 2.00 bits per heavy atom. The lowest BCUT2D eigenvalue weighted by Crippen LogP contribution is -2.24. The van der Waals surface area contributed by atoms with E-state index in [1.165, 1.54) is 12.3 Å². The third-order valence-electron chi connectivity index (χ3n) is 1.49. The van der Waals surface area contributed by atoms with Gasteiger partial charge in [-0.3, -0.25) is 9.78 Å². The van der Waals surface area contributed by atoms with Crippen LogP contribution in [0.25, 0.3) is 0 Å². The van der Waals surface area contributed by atoms with Crippen molar-refractivity contribution in [3.05, 3.63) is 29.6 Å². The predicted octanol–water partition coefficient (Wildman–Crippen LogP) is -0.541. The lowest BCUT2D eigenvalue weighted by atomic mass is 10.2. The van der Waals surface area contributed by atoms with Gasteiger partial charge < -0.3 is 15.5 Å². The van der Waals surface area contributed by atoms with E-state index in [1.54, 1.807) is 0 Å². The molecule has 0 unspecified atom stereocenters. The van der Waals surface area contributed by atoms with E-state index in [1.807, 2.05) is 0 Å². The number of carboxylic acid groups (broad SMARTS) is 1. The summed E-state index contributed by atoms with van der Waals surface area (Å²) in [6, 6.07) is 1.18. The van der Waals surface area contributed by atoms with Crippen molar-refractivity contribution in [3.8, 4) is 0 Å². The number of hydrogen-bond donors (Lipinski definition) is 3. The minimum atomic E-state index is -1.16. The second-order valence-electron chi connectivity index (χ2n) is 2.43. The summed E-state index contributed by atoms with van der Waals surface area (Å²) in [5, 5.41) is 19.1. The molecule has 0 atom stereocenters. The molecule has 0 aliphatic heterocycles. The number of carbonyl (C=O) groups excluding carboxylic acids is 1. The highest BCUT2D eigenvalue weighted by Gasteiger charge is 2.09. The lowest BCUT2D eigenvalue weighted by molar-refractivity contribution is 0.0696. The summed E-state index contributed by atoms with van der Waals surface area (Å²) < 4.78 is 0. The van der Waals surface area contributed by atoms with Gasteiger partial charge in [-0.15, -0.1) is 0 Å². The molecule has 1 aromatic rings. The number of carbonyl (C=O) groups is 2. The van der Waals surface area contributed by atoms with Gasteiger partial charge >= 0.3 is 5.97 Å². The first-order chi connectivity index (χ1) is 6.65. The molecule has 0 aromatic carbocycles. The zero-order chi connectivity index (χ0) is 10.6. The Morgan fingerprint density at radius 1 is 1.36 bits per heavy atom. The number of carboxylic acids is 1. The highest BCUT2D eigenvalue weighted by atomic mass is 16.4. The molecule has 6 heteroatoms. The Kier molecular flexibility index (Phi) is 3.14. The van der Waals surface area contributed by atoms with Gasteiger partial charge in [0.15, 0.2) is 0 Å². The number of amides is 1. The number of hydrogen-bond acceptors (Lipinski definition) is 4. The number of nitrogens with one attached hydrogen (secondary N) is 1. The maximum absolute atomic E-state index is 11.1. The quantitative estimate of drug-likeness (QED) is 0.564. The van der Waals surface area contributed by atoms with Crippen LogP contribution in [0.2, 0.25) is 0 Å². The highest BCUT2D eigenvalue weighted by molar-refractivity contribution is 5.96. The molecule has 14 heavy (non-hydrogen) atoms. The van der Waals surface area contributed by atoms with Gasteiger partial charge in [-0.1, -0.05) is 0 Å². The van der Waals surface area contributed by atoms with Gasteiger partial charge in [0.25, 0.3) is 5.91 Å². The fourth-order valence-electron chi connectivity index (χ4n) is 0.855. The summed E-state index contributed by atoms with van der Waals surface area (Å²) in [7, 11) is 0. The molecule has 1 aromatic heterocycles. The minimum Gasteiger partial charge on any atom is -0.478 e. The topological polar surface area (TPSA) is 99.5 Å². The lowest BCUT2D eigenvalue weighted by Gasteiger charge is -2.01. The van der Waals surface area contributed by atoms with E-state index < -0.39 is 18.6 Å². The Bertz CT molecular complexity index is 364. The zero-order valence-corrected chi connectivity index (χ0v) is 7.10. The average molecular weight is 196 g/mol. The van der Waals surface area contributed by atoms with Crippen LogP contribution in [-0.2, 0) is 0 Å². The Labute approximate surface area is 79.2 Å². The van der Waals surface area contributed by atoms with Crippen molar-refractivity contribution in [1.82, 2.24) is 10.3 Å². The summed E-state index contributed by atoms with van der Waals surface area (Å²) in [5.74, 6) is -1.72. The number of nitrogens with zero attached hydrogens (tertiary/aromatic N) is 1. The van der Waals surface area contributed by atoms with Crippen LogP contribution < -0.4 is 5.32 Å². The monoisotopic (exact) mass is 196 g/mol. The summed E-state index contributed by atoms with van der Waals surface area (Å²) in [5.41, 5.74) is 0.0227. The number of aromatic nitrogens is 1. The Hall–Kier alpha value is -1.95. The Morgan fingerprint density at radius 3 is 2.57 bits per heavy atom. The summed E-state index contributed by atoms with van der Waals surface area (Å²) >= 11 is 0. The van der Waals surface area contributed by atoms with E-state index >= 15 is 0 Å². The fraction of sp³-hybridized carbons (Fsp3) is 0.125. The maximum Gasteiger partial charge on any atom is 0.337 e. The number of aliphatic hydroxyl groups excluding tert-OH is 1. The van der Waals surface area contributed by atoms with Gasteiger partial charge in [0.1, 0.15) is 6.73 Å². The molecule has 1 rings (SSSR count). The summed E-state index contributed by atoms with van der Waals surface area (Å²) in [4.78, 5) is 25.2. The van der Waals surface area contributed by atoms with Crippen LogP contribution in [-0.4, -0.2) is 33.8 Å². The molecular weight excluding hydrogens is 188 g/mol. The van der Waals surface area contributed by atoms with Crippen molar-refractivity contribution < 1.29 is 19.8 Å². The predicted molar refractivity (Wildman–Crippen MR) is 45.7 cm³/mol. The second-order valence-corrected chi connectivity index (χ2v) is 2.43. The number of rotatable bonds is 3. The van der Waals surface area contributed by atoms with Gasteiger partial charge in [-0.2, -0.15) is 0 Å². The molecule has 0 radical (unpaired) electrons. The normalized spacial score (nSPS) is 9.50. The van der Waals surface area contributed by atoms with Gasteiger partial charge in [0.2, 0.25) is 0 Å². The second kappa shape index (κ2) is 4.33. The van der Waals surface area contributed by atoms with E-state index in [-0.39, 0.29) is 11.1 Å². The fourth-order valence-corrected chi connectivity index (χ4v) is 0.855. The van der Waals surface area contributed by atoms with Gasteiger partial charge in [0.05, 0.1) is 11.1 Å². The van der Waals surface area contributed by atoms with Crippen LogP contribution >= 0.6 is 0 Å². The molecular formula is C8H8N2O4. The van der Waals surface area contributed by atoms with E-state index in [9.17, 15) is 9.59 Å². The van der Waals surface area contributed by atoms with E-state index in [0.29, 0.717) is 0 Å². The molecule has 0 fully saturated rings. The third-order valence-corrected chi connectivity index (χ3v) is 1.49. The zero-order valence-electron chi connectivity index (χ0n) is 7.10. The highest BCUT2D eigenvalue weighted by Crippen LogP contribution is 2.02. The largest absolute Gasteiger partial charge is 0.478 e. The molecule has 0 spiro atoms. The van der Waals surface area contributed by atoms with Gasteiger partial charge in [-0.05, 0) is 6.07 Å². The summed E-state index contributed by atoms with van der Waals surface area (Å²) in [6.45, 7) is -0.504. The van der Waals surface area contributed by atoms with Crippen LogP contribution in [0.5, 0.6) is 0 Å². The molecule has 0 aliphatic carbocycles. The van der Waals surface area contributed by atoms with Crippen molar-refractivity contribution in [3.63, 3.8) is 0 Å². The first-order valence-electron chi connectivity index (χ1n) is 3.72. The third kappa shape index (κ3) is 2.27. The number of aromatic carboxylic acids is 1. The smallest absolute Gasteiger partial charge is 0.337 e. The van der Waals surface area contributed by atoms with E-state index in [2.05, 4.69) is 10.3 Å². The van der Waals surface area contributed by atoms with Crippen LogP contribution in [0.4, 0.5) is 0 Å². The van der Waals surface area contributed by atoms with Gasteiger partial charge in [-0.25, -0.2) is 4.79 Å². The molecule has 0 saturated heterocycles. The van der Waals surface area contributed by atoms with E-state index in [4.69, 9.17) is 10.2 Å². The molecule has 6 nitrogen and oxygen atoms in total. The van der Waals surface area contributed by atoms with Crippen LogP contribution in [0.15, 0.2) is 18.5 Å². The van der Waals surface area contributed by atoms with Crippen LogP contribution in [0, 0.1) is 0 Å². The Balaban J connectivity index is 2.93. The van der Waals surface area contributed by atoms with Crippen LogP contribution in [0.1, 0.15) is 20.7 Å². The maximum atomic E-state index is 11.1. The van der Waals surface area contributed by atoms with Crippen molar-refractivity contribution >= 4 is 11.9 Å². The van der Waals surface area contributed by atoms with Crippen molar-refractivity contribution in [2.75, 3.05) is 6.73 Å². The minimum absolute atomic E-state index is 0.0735. The molecule has 74 valence electrons. The SMILES string of the molecule is O=C(O)c1cncc(C(=O)NCO)c1. The standard InChI is InChI=1S/C8H8N2O4/c11-4-10-7(12)5-1-6(8(13)14)3-9-2-5/h1-3,11H,4H2,(H,10,12)(H,13,14). The first kappa shape index (κ1) is 10.1. The molecule has 0 aliphatic rings.